The zero-order valence-corrected chi connectivity index (χ0v) is 14.9. The summed E-state index contributed by atoms with van der Waals surface area (Å²) in [5, 5.41) is 15.5. The molecule has 5 nitrogen and oxygen atoms in total. The van der Waals surface area contributed by atoms with Crippen LogP contribution >= 0.6 is 27.5 Å². The summed E-state index contributed by atoms with van der Waals surface area (Å²) in [5.41, 5.74) is 4.89. The number of phenols is 1. The molecule has 0 saturated carbocycles. The largest absolute Gasteiger partial charge is 0.507 e. The van der Waals surface area contributed by atoms with Gasteiger partial charge >= 0.3 is 0 Å². The highest BCUT2D eigenvalue weighted by atomic mass is 79.9. The molecule has 2 aromatic carbocycles. The molecule has 122 valence electrons. The van der Waals surface area contributed by atoms with Crippen LogP contribution in [0.3, 0.4) is 0 Å². The summed E-state index contributed by atoms with van der Waals surface area (Å²) in [6, 6.07) is 12.1. The molecule has 7 heteroatoms. The third-order valence-electron chi connectivity index (χ3n) is 3.50. The number of nitrogens with zero attached hydrogens (tertiary/aromatic N) is 1. The number of rotatable bonds is 3. The highest BCUT2D eigenvalue weighted by Crippen LogP contribution is 2.22. The normalized spacial score (nSPS) is 11.7. The lowest BCUT2D eigenvalue weighted by atomic mass is 10.2. The van der Waals surface area contributed by atoms with Gasteiger partial charge in [-0.05, 0) is 49.4 Å². The summed E-state index contributed by atoms with van der Waals surface area (Å²) in [4.78, 5) is 15.4. The minimum absolute atomic E-state index is 0.108. The van der Waals surface area contributed by atoms with E-state index in [9.17, 15) is 9.90 Å². The summed E-state index contributed by atoms with van der Waals surface area (Å²) in [7, 11) is 0. The average molecular weight is 407 g/mol. The van der Waals surface area contributed by atoms with Crippen molar-refractivity contribution in [2.45, 2.75) is 6.92 Å². The summed E-state index contributed by atoms with van der Waals surface area (Å²) < 4.78 is 0.693. The molecular formula is C17H13BrClN3O2. The van der Waals surface area contributed by atoms with Crippen LogP contribution in [0.1, 0.15) is 23.0 Å². The van der Waals surface area contributed by atoms with Crippen LogP contribution in [0, 0.1) is 0 Å². The van der Waals surface area contributed by atoms with Crippen molar-refractivity contribution in [2.75, 3.05) is 0 Å². The molecule has 1 heterocycles. The standard InChI is InChI=1S/C17H13BrClN3O2/c1-9(15-7-10-6-12(19)3-4-14(10)20-15)21-22-17(24)13-8-11(18)2-5-16(13)23/h2-8,20,23H,1H3,(H,22,24). The minimum Gasteiger partial charge on any atom is -0.507 e. The van der Waals surface area contributed by atoms with Gasteiger partial charge in [-0.25, -0.2) is 5.43 Å². The van der Waals surface area contributed by atoms with E-state index >= 15 is 0 Å². The number of hydrazone groups is 1. The van der Waals surface area contributed by atoms with Crippen molar-refractivity contribution in [2.24, 2.45) is 5.10 Å². The second-order valence-corrected chi connectivity index (χ2v) is 6.57. The second kappa shape index (κ2) is 6.67. The first kappa shape index (κ1) is 16.5. The maximum absolute atomic E-state index is 12.1. The maximum Gasteiger partial charge on any atom is 0.275 e. The Bertz CT molecular complexity index is 966. The number of hydrogen-bond acceptors (Lipinski definition) is 3. The Morgan fingerprint density at radius 2 is 2.04 bits per heavy atom. The lowest BCUT2D eigenvalue weighted by Gasteiger charge is -2.04. The third-order valence-corrected chi connectivity index (χ3v) is 4.23. The van der Waals surface area contributed by atoms with E-state index in [1.54, 1.807) is 19.1 Å². The highest BCUT2D eigenvalue weighted by molar-refractivity contribution is 9.10. The van der Waals surface area contributed by atoms with Gasteiger partial charge in [0.2, 0.25) is 0 Å². The van der Waals surface area contributed by atoms with E-state index in [4.69, 9.17) is 11.6 Å². The van der Waals surface area contributed by atoms with Gasteiger partial charge in [0, 0.05) is 20.4 Å². The predicted octanol–water partition coefficient (Wildman–Crippen LogP) is 4.44. The fraction of sp³-hybridized carbons (Fsp3) is 0.0588. The van der Waals surface area contributed by atoms with E-state index < -0.39 is 5.91 Å². The van der Waals surface area contributed by atoms with Gasteiger partial charge in [0.15, 0.2) is 0 Å². The van der Waals surface area contributed by atoms with Gasteiger partial charge in [-0.2, -0.15) is 5.10 Å². The first-order valence-electron chi connectivity index (χ1n) is 7.06. The molecular weight excluding hydrogens is 394 g/mol. The third kappa shape index (κ3) is 3.44. The molecule has 0 aliphatic carbocycles. The van der Waals surface area contributed by atoms with Crippen LogP contribution in [0.4, 0.5) is 0 Å². The number of fused-ring (bicyclic) bond motifs is 1. The van der Waals surface area contributed by atoms with Crippen molar-refractivity contribution in [3.8, 4) is 5.75 Å². The van der Waals surface area contributed by atoms with E-state index in [0.29, 0.717) is 15.2 Å². The molecule has 1 aromatic heterocycles. The van der Waals surface area contributed by atoms with Gasteiger partial charge in [-0.1, -0.05) is 27.5 Å². The summed E-state index contributed by atoms with van der Waals surface area (Å²) >= 11 is 9.24. The molecule has 3 N–H and O–H groups in total. The second-order valence-electron chi connectivity index (χ2n) is 5.21. The number of H-pyrrole nitrogens is 1. The molecule has 24 heavy (non-hydrogen) atoms. The quantitative estimate of drug-likeness (QED) is 0.444. The molecule has 0 unspecified atom stereocenters. The van der Waals surface area contributed by atoms with Gasteiger partial charge in [0.05, 0.1) is 17.0 Å². The molecule has 0 saturated heterocycles. The Morgan fingerprint density at radius 3 is 2.83 bits per heavy atom. The molecule has 3 rings (SSSR count). The zero-order valence-electron chi connectivity index (χ0n) is 12.6. The van der Waals surface area contributed by atoms with Crippen molar-refractivity contribution >= 4 is 50.1 Å². The molecule has 0 fully saturated rings. The van der Waals surface area contributed by atoms with Crippen molar-refractivity contribution in [3.05, 3.63) is 63.2 Å². The van der Waals surface area contributed by atoms with E-state index in [-0.39, 0.29) is 11.3 Å². The van der Waals surface area contributed by atoms with Crippen molar-refractivity contribution in [1.82, 2.24) is 10.4 Å². The summed E-state index contributed by atoms with van der Waals surface area (Å²) in [6.45, 7) is 1.77. The van der Waals surface area contributed by atoms with E-state index in [0.717, 1.165) is 16.6 Å². The molecule has 3 aromatic rings. The number of aromatic amines is 1. The Hall–Kier alpha value is -2.31. The molecule has 0 radical (unpaired) electrons. The molecule has 0 bridgehead atoms. The number of aromatic nitrogens is 1. The first-order chi connectivity index (χ1) is 11.4. The van der Waals surface area contributed by atoms with Gasteiger partial charge < -0.3 is 10.1 Å². The lowest BCUT2D eigenvalue weighted by molar-refractivity contribution is 0.0952. The predicted molar refractivity (Wildman–Crippen MR) is 98.8 cm³/mol. The number of carbonyl (C=O) groups is 1. The Kier molecular flexibility index (Phi) is 4.59. The van der Waals surface area contributed by atoms with Crippen molar-refractivity contribution < 1.29 is 9.90 Å². The maximum atomic E-state index is 12.1. The molecule has 1 amide bonds. The molecule has 0 aliphatic rings. The Morgan fingerprint density at radius 1 is 1.25 bits per heavy atom. The smallest absolute Gasteiger partial charge is 0.275 e. The average Bonchev–Trinajstić information content (AvgIpc) is 2.97. The van der Waals surface area contributed by atoms with Gasteiger partial charge in [-0.15, -0.1) is 0 Å². The van der Waals surface area contributed by atoms with Crippen molar-refractivity contribution in [1.29, 1.82) is 0 Å². The Balaban J connectivity index is 1.82. The minimum atomic E-state index is -0.493. The van der Waals surface area contributed by atoms with E-state index in [2.05, 4.69) is 31.4 Å². The van der Waals surface area contributed by atoms with E-state index in [1.807, 2.05) is 18.2 Å². The number of nitrogens with one attached hydrogen (secondary N) is 2. The van der Waals surface area contributed by atoms with Crippen LogP contribution in [-0.4, -0.2) is 21.7 Å². The van der Waals surface area contributed by atoms with Gasteiger partial charge in [-0.3, -0.25) is 4.79 Å². The topological polar surface area (TPSA) is 77.5 Å². The fourth-order valence-electron chi connectivity index (χ4n) is 2.24. The number of halogens is 2. The SMILES string of the molecule is CC(=NNC(=O)c1cc(Br)ccc1O)c1cc2cc(Cl)ccc2[nH]1. The number of hydrogen-bond donors (Lipinski definition) is 3. The van der Waals surface area contributed by atoms with Crippen LogP contribution < -0.4 is 5.43 Å². The van der Waals surface area contributed by atoms with Crippen LogP contribution in [-0.2, 0) is 0 Å². The Labute approximate surface area is 151 Å². The van der Waals surface area contributed by atoms with Gasteiger partial charge in [0.25, 0.3) is 5.91 Å². The summed E-state index contributed by atoms with van der Waals surface area (Å²) in [5.74, 6) is -0.601. The lowest BCUT2D eigenvalue weighted by Crippen LogP contribution is -2.19. The molecule has 0 aliphatic heterocycles. The number of carbonyl (C=O) groups excluding carboxylic acids is 1. The van der Waals surface area contributed by atoms with E-state index in [1.165, 1.54) is 12.1 Å². The van der Waals surface area contributed by atoms with Crippen LogP contribution in [0.2, 0.25) is 5.02 Å². The van der Waals surface area contributed by atoms with Gasteiger partial charge in [0.1, 0.15) is 5.75 Å². The first-order valence-corrected chi connectivity index (χ1v) is 8.23. The number of phenolic OH excluding ortho intramolecular Hbond substituents is 1. The molecule has 0 spiro atoms. The number of amides is 1. The highest BCUT2D eigenvalue weighted by Gasteiger charge is 2.11. The van der Waals surface area contributed by atoms with Crippen LogP contribution in [0.25, 0.3) is 10.9 Å². The van der Waals surface area contributed by atoms with Crippen molar-refractivity contribution in [3.63, 3.8) is 0 Å². The number of aromatic hydroxyl groups is 1. The number of benzene rings is 2. The molecule has 0 atom stereocenters. The monoisotopic (exact) mass is 405 g/mol. The van der Waals surface area contributed by atoms with Crippen LogP contribution in [0.15, 0.2) is 52.0 Å². The summed E-state index contributed by atoms with van der Waals surface area (Å²) in [6.07, 6.45) is 0. The zero-order chi connectivity index (χ0) is 17.3. The fourth-order valence-corrected chi connectivity index (χ4v) is 2.79. The van der Waals surface area contributed by atoms with Crippen LogP contribution in [0.5, 0.6) is 5.75 Å².